The van der Waals surface area contributed by atoms with Gasteiger partial charge in [0.1, 0.15) is 12.2 Å². The summed E-state index contributed by atoms with van der Waals surface area (Å²) < 4.78 is 1.79. The van der Waals surface area contributed by atoms with Crippen LogP contribution in [0, 0.1) is 0 Å². The summed E-state index contributed by atoms with van der Waals surface area (Å²) in [6, 6.07) is 0. The highest BCUT2D eigenvalue weighted by atomic mass is 16.1. The monoisotopic (exact) mass is 236 g/mol. The van der Waals surface area contributed by atoms with Crippen LogP contribution >= 0.6 is 0 Å². The van der Waals surface area contributed by atoms with Crippen LogP contribution < -0.4 is 5.32 Å². The van der Waals surface area contributed by atoms with Crippen LogP contribution in [0.4, 0.5) is 0 Å². The Morgan fingerprint density at radius 1 is 1.59 bits per heavy atom. The molecule has 0 saturated carbocycles. The van der Waals surface area contributed by atoms with E-state index in [-0.39, 0.29) is 11.3 Å². The van der Waals surface area contributed by atoms with E-state index in [1.165, 1.54) is 6.33 Å². The van der Waals surface area contributed by atoms with Crippen molar-refractivity contribution < 1.29 is 4.79 Å². The summed E-state index contributed by atoms with van der Waals surface area (Å²) in [4.78, 5) is 16.6. The predicted molar refractivity (Wildman–Crippen MR) is 64.7 cm³/mol. The first-order valence-corrected chi connectivity index (χ1v) is 6.37. The van der Waals surface area contributed by atoms with Gasteiger partial charge in [-0.05, 0) is 32.7 Å². The minimum absolute atomic E-state index is 0.250. The highest BCUT2D eigenvalue weighted by Crippen LogP contribution is 2.25. The van der Waals surface area contributed by atoms with Crippen LogP contribution in [0.25, 0.3) is 0 Å². The Labute approximate surface area is 102 Å². The molecular formula is C12H20N4O. The second-order valence-corrected chi connectivity index (χ2v) is 4.56. The van der Waals surface area contributed by atoms with Crippen molar-refractivity contribution in [2.45, 2.75) is 51.6 Å². The normalized spacial score (nSPS) is 24.1. The molecule has 0 radical (unpaired) electrons. The molecule has 1 aromatic heterocycles. The van der Waals surface area contributed by atoms with Crippen LogP contribution in [-0.4, -0.2) is 32.6 Å². The fourth-order valence-corrected chi connectivity index (χ4v) is 2.55. The zero-order chi connectivity index (χ0) is 12.3. The van der Waals surface area contributed by atoms with Gasteiger partial charge in [-0.2, -0.15) is 5.10 Å². The quantitative estimate of drug-likeness (QED) is 0.826. The van der Waals surface area contributed by atoms with E-state index in [0.29, 0.717) is 6.42 Å². The van der Waals surface area contributed by atoms with Gasteiger partial charge in [0.05, 0.1) is 12.0 Å². The lowest BCUT2D eigenvalue weighted by Gasteiger charge is -2.26. The van der Waals surface area contributed by atoms with Gasteiger partial charge in [0, 0.05) is 6.54 Å². The van der Waals surface area contributed by atoms with Gasteiger partial charge in [-0.3, -0.25) is 4.79 Å². The van der Waals surface area contributed by atoms with Crippen molar-refractivity contribution in [1.82, 2.24) is 20.1 Å². The second-order valence-electron chi connectivity index (χ2n) is 4.56. The molecule has 1 fully saturated rings. The van der Waals surface area contributed by atoms with Crippen molar-refractivity contribution in [1.29, 1.82) is 0 Å². The molecule has 1 aromatic rings. The maximum Gasteiger partial charge on any atom is 0.160 e. The smallest absolute Gasteiger partial charge is 0.160 e. The third-order valence-electron chi connectivity index (χ3n) is 3.69. The molecule has 94 valence electrons. The first kappa shape index (κ1) is 12.2. The van der Waals surface area contributed by atoms with Gasteiger partial charge in [-0.25, -0.2) is 9.67 Å². The molecule has 0 spiro atoms. The topological polar surface area (TPSA) is 59.8 Å². The van der Waals surface area contributed by atoms with Crippen molar-refractivity contribution in [3.63, 3.8) is 0 Å². The Morgan fingerprint density at radius 2 is 2.41 bits per heavy atom. The highest BCUT2D eigenvalue weighted by Gasteiger charge is 2.38. The van der Waals surface area contributed by atoms with Crippen molar-refractivity contribution in [3.8, 4) is 0 Å². The summed E-state index contributed by atoms with van der Waals surface area (Å²) in [6.45, 7) is 5.78. The summed E-state index contributed by atoms with van der Waals surface area (Å²) in [5.41, 5.74) is -0.315. The number of hydrogen-bond donors (Lipinski definition) is 1. The number of carbonyl (C=O) groups is 1. The van der Waals surface area contributed by atoms with Gasteiger partial charge >= 0.3 is 0 Å². The molecule has 1 N–H and O–H groups in total. The molecule has 1 aliphatic rings. The fraction of sp³-hybridized carbons (Fsp3) is 0.750. The summed E-state index contributed by atoms with van der Waals surface area (Å²) in [5, 5.41) is 7.46. The average Bonchev–Trinajstić information content (AvgIpc) is 2.97. The Morgan fingerprint density at radius 3 is 3.00 bits per heavy atom. The van der Waals surface area contributed by atoms with E-state index in [9.17, 15) is 4.79 Å². The van der Waals surface area contributed by atoms with Crippen molar-refractivity contribution in [2.75, 3.05) is 6.54 Å². The van der Waals surface area contributed by atoms with Crippen LogP contribution in [0.1, 0.15) is 38.9 Å². The summed E-state index contributed by atoms with van der Waals surface area (Å²) in [7, 11) is 0. The lowest BCUT2D eigenvalue weighted by molar-refractivity contribution is -0.124. The van der Waals surface area contributed by atoms with Gasteiger partial charge in [-0.1, -0.05) is 6.92 Å². The standard InChI is InChI=1S/C12H20N4O/c1-3-12(6-5-7-14-12)10(17)8-11-13-9-15-16(11)4-2/h9,14H,3-8H2,1-2H3. The van der Waals surface area contributed by atoms with E-state index in [2.05, 4.69) is 22.3 Å². The number of Topliss-reactive ketones (excluding diaryl/α,β-unsaturated/α-hetero) is 1. The van der Waals surface area contributed by atoms with Gasteiger partial charge < -0.3 is 5.32 Å². The van der Waals surface area contributed by atoms with Crippen LogP contribution in [0.2, 0.25) is 0 Å². The molecule has 5 nitrogen and oxygen atoms in total. The van der Waals surface area contributed by atoms with Crippen molar-refractivity contribution in [3.05, 3.63) is 12.2 Å². The largest absolute Gasteiger partial charge is 0.305 e. The number of carbonyl (C=O) groups excluding carboxylic acids is 1. The Hall–Kier alpha value is -1.23. The van der Waals surface area contributed by atoms with Gasteiger partial charge in [0.15, 0.2) is 5.78 Å². The number of hydrogen-bond acceptors (Lipinski definition) is 4. The summed E-state index contributed by atoms with van der Waals surface area (Å²) in [5.74, 6) is 1.03. The minimum Gasteiger partial charge on any atom is -0.305 e. The number of nitrogens with one attached hydrogen (secondary N) is 1. The van der Waals surface area contributed by atoms with Gasteiger partial charge in [0.2, 0.25) is 0 Å². The third kappa shape index (κ3) is 2.24. The molecule has 17 heavy (non-hydrogen) atoms. The molecule has 1 saturated heterocycles. The molecule has 2 rings (SSSR count). The maximum absolute atomic E-state index is 12.4. The molecular weight excluding hydrogens is 216 g/mol. The molecule has 0 bridgehead atoms. The Kier molecular flexibility index (Phi) is 3.57. The second kappa shape index (κ2) is 4.96. The predicted octanol–water partition coefficient (Wildman–Crippen LogP) is 0.942. The molecule has 1 unspecified atom stereocenters. The number of nitrogens with zero attached hydrogens (tertiary/aromatic N) is 3. The van der Waals surface area contributed by atoms with E-state index in [4.69, 9.17) is 0 Å². The van der Waals surface area contributed by atoms with Crippen LogP contribution in [0.15, 0.2) is 6.33 Å². The number of aryl methyl sites for hydroxylation is 1. The van der Waals surface area contributed by atoms with E-state index in [1.54, 1.807) is 4.68 Å². The lowest BCUT2D eigenvalue weighted by Crippen LogP contribution is -2.48. The zero-order valence-electron chi connectivity index (χ0n) is 10.6. The summed E-state index contributed by atoms with van der Waals surface area (Å²) >= 11 is 0. The molecule has 0 aliphatic carbocycles. The number of rotatable bonds is 5. The van der Waals surface area contributed by atoms with E-state index in [0.717, 1.165) is 38.2 Å². The Bertz CT molecular complexity index is 393. The van der Waals surface area contributed by atoms with E-state index in [1.807, 2.05) is 6.92 Å². The average molecular weight is 236 g/mol. The molecule has 1 aliphatic heterocycles. The third-order valence-corrected chi connectivity index (χ3v) is 3.69. The maximum atomic E-state index is 12.4. The minimum atomic E-state index is -0.315. The first-order valence-electron chi connectivity index (χ1n) is 6.37. The van der Waals surface area contributed by atoms with Crippen LogP contribution in [0.3, 0.4) is 0 Å². The summed E-state index contributed by atoms with van der Waals surface area (Å²) in [6.07, 6.45) is 4.79. The fourth-order valence-electron chi connectivity index (χ4n) is 2.55. The van der Waals surface area contributed by atoms with Crippen molar-refractivity contribution in [2.24, 2.45) is 0 Å². The lowest BCUT2D eigenvalue weighted by atomic mass is 9.87. The van der Waals surface area contributed by atoms with Crippen LogP contribution in [-0.2, 0) is 17.8 Å². The van der Waals surface area contributed by atoms with Gasteiger partial charge in [0.25, 0.3) is 0 Å². The van der Waals surface area contributed by atoms with Crippen LogP contribution in [0.5, 0.6) is 0 Å². The molecule has 0 aromatic carbocycles. The molecule has 5 heteroatoms. The first-order chi connectivity index (χ1) is 8.22. The van der Waals surface area contributed by atoms with Crippen molar-refractivity contribution >= 4 is 5.78 Å². The zero-order valence-corrected chi connectivity index (χ0v) is 10.6. The SMILES string of the molecule is CCn1ncnc1CC(=O)C1(CC)CCCN1. The number of aromatic nitrogens is 3. The van der Waals surface area contributed by atoms with Gasteiger partial charge in [-0.15, -0.1) is 0 Å². The molecule has 2 heterocycles. The highest BCUT2D eigenvalue weighted by molar-refractivity contribution is 5.90. The molecule has 1 atom stereocenters. The van der Waals surface area contributed by atoms with E-state index >= 15 is 0 Å². The Balaban J connectivity index is 2.10. The number of ketones is 1. The van der Waals surface area contributed by atoms with E-state index < -0.39 is 0 Å². The molecule has 0 amide bonds.